The van der Waals surface area contributed by atoms with Crippen LogP contribution in [0.15, 0.2) is 16.7 Å². The lowest BCUT2D eigenvalue weighted by atomic mass is 10.1. The van der Waals surface area contributed by atoms with E-state index in [9.17, 15) is 4.79 Å². The van der Waals surface area contributed by atoms with Crippen LogP contribution in [-0.4, -0.2) is 45.7 Å². The van der Waals surface area contributed by atoms with Crippen molar-refractivity contribution in [1.29, 1.82) is 0 Å². The first kappa shape index (κ1) is 15.4. The van der Waals surface area contributed by atoms with Gasteiger partial charge in [-0.3, -0.25) is 4.79 Å². The summed E-state index contributed by atoms with van der Waals surface area (Å²) in [5, 5.41) is 8.23. The topological polar surface area (TPSA) is 84.3 Å². The van der Waals surface area contributed by atoms with Crippen molar-refractivity contribution in [2.45, 2.75) is 44.6 Å². The van der Waals surface area contributed by atoms with E-state index in [2.05, 4.69) is 15.2 Å². The van der Waals surface area contributed by atoms with Crippen LogP contribution in [0.4, 0.5) is 0 Å². The maximum Gasteiger partial charge on any atom is 0.271 e. The highest BCUT2D eigenvalue weighted by Crippen LogP contribution is 2.42. The number of H-pyrrole nitrogens is 1. The van der Waals surface area contributed by atoms with Crippen LogP contribution in [0.3, 0.4) is 0 Å². The molecule has 1 saturated carbocycles. The number of aromatic nitrogens is 3. The normalized spacial score (nSPS) is 21.5. The van der Waals surface area contributed by atoms with Crippen molar-refractivity contribution >= 4 is 5.91 Å². The van der Waals surface area contributed by atoms with Gasteiger partial charge in [0, 0.05) is 18.7 Å². The number of morpholine rings is 1. The van der Waals surface area contributed by atoms with Crippen molar-refractivity contribution in [3.63, 3.8) is 0 Å². The molecule has 2 aliphatic rings. The summed E-state index contributed by atoms with van der Waals surface area (Å²) >= 11 is 0. The molecule has 1 saturated heterocycles. The Morgan fingerprint density at radius 3 is 2.92 bits per heavy atom. The summed E-state index contributed by atoms with van der Waals surface area (Å²) in [6.45, 7) is 5.42. The number of hydrogen-bond acceptors (Lipinski definition) is 5. The summed E-state index contributed by atoms with van der Waals surface area (Å²) < 4.78 is 11.3. The lowest BCUT2D eigenvalue weighted by Gasteiger charge is -2.33. The first-order valence-electron chi connectivity index (χ1n) is 8.54. The van der Waals surface area contributed by atoms with Crippen LogP contribution in [-0.2, 0) is 4.74 Å². The number of hydrogen-bond donors (Lipinski definition) is 1. The Balaban J connectivity index is 1.61. The van der Waals surface area contributed by atoms with Crippen molar-refractivity contribution in [3.05, 3.63) is 35.3 Å². The molecule has 1 atom stereocenters. The third-order valence-electron chi connectivity index (χ3n) is 4.63. The number of nitrogens with zero attached hydrogens (tertiary/aromatic N) is 3. The van der Waals surface area contributed by atoms with Crippen LogP contribution < -0.4 is 0 Å². The van der Waals surface area contributed by atoms with Gasteiger partial charge in [0.25, 0.3) is 5.91 Å². The molecule has 7 heteroatoms. The largest absolute Gasteiger partial charge is 0.423 e. The van der Waals surface area contributed by atoms with Crippen LogP contribution in [0.5, 0.6) is 0 Å². The minimum atomic E-state index is -0.332. The predicted molar refractivity (Wildman–Crippen MR) is 85.8 cm³/mol. The fourth-order valence-electron chi connectivity index (χ4n) is 3.11. The molecule has 0 radical (unpaired) electrons. The van der Waals surface area contributed by atoms with Gasteiger partial charge in [0.1, 0.15) is 11.7 Å². The average Bonchev–Trinajstić information content (AvgIpc) is 3.13. The van der Waals surface area contributed by atoms with E-state index in [1.165, 1.54) is 0 Å². The van der Waals surface area contributed by atoms with E-state index in [1.54, 1.807) is 4.90 Å². The summed E-state index contributed by atoms with van der Waals surface area (Å²) in [5.41, 5.74) is 1.81. The molecule has 1 N–H and O–H groups in total. The number of carbonyl (C=O) groups is 1. The Morgan fingerprint density at radius 1 is 1.38 bits per heavy atom. The number of ether oxygens (including phenoxy) is 1. The Kier molecular flexibility index (Phi) is 3.88. The Hall–Kier alpha value is -2.15. The lowest BCUT2D eigenvalue weighted by Crippen LogP contribution is -2.44. The maximum atomic E-state index is 13.1. The summed E-state index contributed by atoms with van der Waals surface area (Å²) in [5.74, 6) is 1.70. The lowest BCUT2D eigenvalue weighted by molar-refractivity contribution is -0.0110. The van der Waals surface area contributed by atoms with Gasteiger partial charge < -0.3 is 19.0 Å². The smallest absolute Gasteiger partial charge is 0.271 e. The molecule has 2 aromatic heterocycles. The molecule has 1 aliphatic heterocycles. The van der Waals surface area contributed by atoms with E-state index in [1.807, 2.05) is 26.1 Å². The second kappa shape index (κ2) is 6.05. The van der Waals surface area contributed by atoms with Gasteiger partial charge in [-0.25, -0.2) is 0 Å². The van der Waals surface area contributed by atoms with Gasteiger partial charge in [-0.05, 0) is 30.4 Å². The van der Waals surface area contributed by atoms with Crippen LogP contribution >= 0.6 is 0 Å². The molecule has 1 amide bonds. The van der Waals surface area contributed by atoms with Crippen LogP contribution in [0.1, 0.15) is 72.4 Å². The molecule has 0 aromatic carbocycles. The molecule has 1 unspecified atom stereocenters. The molecule has 0 bridgehead atoms. The van der Waals surface area contributed by atoms with Gasteiger partial charge in [0.2, 0.25) is 11.8 Å². The highest BCUT2D eigenvalue weighted by molar-refractivity contribution is 5.94. The highest BCUT2D eigenvalue weighted by Gasteiger charge is 2.36. The molecule has 0 spiro atoms. The molecule has 128 valence electrons. The number of nitrogens with one attached hydrogen (secondary N) is 1. The van der Waals surface area contributed by atoms with Gasteiger partial charge in [-0.2, -0.15) is 0 Å². The molecule has 7 nitrogen and oxygen atoms in total. The standard InChI is InChI=1S/C17H22N4O3/c1-10(2)15-19-20-16(24-15)13-9-23-8-7-21(13)17(22)14-12(5-6-18-14)11-3-4-11/h5-6,10-11,13,18H,3-4,7-9H2,1-2H3. The molecule has 2 fully saturated rings. The van der Waals surface area contributed by atoms with E-state index in [-0.39, 0.29) is 17.9 Å². The van der Waals surface area contributed by atoms with Crippen molar-refractivity contribution in [3.8, 4) is 0 Å². The van der Waals surface area contributed by atoms with Crippen molar-refractivity contribution in [2.24, 2.45) is 0 Å². The third kappa shape index (κ3) is 2.73. The van der Waals surface area contributed by atoms with Gasteiger partial charge in [0.05, 0.1) is 13.2 Å². The number of aromatic amines is 1. The minimum absolute atomic E-state index is 0.0144. The molecule has 2 aromatic rings. The van der Waals surface area contributed by atoms with Crippen molar-refractivity contribution in [2.75, 3.05) is 19.8 Å². The van der Waals surface area contributed by atoms with E-state index in [0.29, 0.717) is 43.2 Å². The quantitative estimate of drug-likeness (QED) is 0.931. The monoisotopic (exact) mass is 330 g/mol. The number of rotatable bonds is 4. The van der Waals surface area contributed by atoms with Crippen LogP contribution in [0.2, 0.25) is 0 Å². The molecule has 1 aliphatic carbocycles. The van der Waals surface area contributed by atoms with Crippen molar-refractivity contribution < 1.29 is 13.9 Å². The summed E-state index contributed by atoms with van der Waals surface area (Å²) in [6, 6.07) is 1.69. The van der Waals surface area contributed by atoms with Gasteiger partial charge >= 0.3 is 0 Å². The average molecular weight is 330 g/mol. The first-order chi connectivity index (χ1) is 11.6. The van der Waals surface area contributed by atoms with E-state index < -0.39 is 0 Å². The van der Waals surface area contributed by atoms with Gasteiger partial charge in [-0.15, -0.1) is 10.2 Å². The molecular weight excluding hydrogens is 308 g/mol. The Bertz CT molecular complexity index is 732. The van der Waals surface area contributed by atoms with Gasteiger partial charge in [0.15, 0.2) is 0 Å². The van der Waals surface area contributed by atoms with E-state index >= 15 is 0 Å². The minimum Gasteiger partial charge on any atom is -0.423 e. The third-order valence-corrected chi connectivity index (χ3v) is 4.63. The predicted octanol–water partition coefficient (Wildman–Crippen LogP) is 2.61. The zero-order chi connectivity index (χ0) is 16.7. The highest BCUT2D eigenvalue weighted by atomic mass is 16.5. The zero-order valence-electron chi connectivity index (χ0n) is 14.0. The van der Waals surface area contributed by atoms with Crippen LogP contribution in [0.25, 0.3) is 0 Å². The Morgan fingerprint density at radius 2 is 2.21 bits per heavy atom. The first-order valence-corrected chi connectivity index (χ1v) is 8.54. The van der Waals surface area contributed by atoms with Crippen molar-refractivity contribution in [1.82, 2.24) is 20.1 Å². The summed E-state index contributed by atoms with van der Waals surface area (Å²) in [6.07, 6.45) is 4.16. The molecule has 4 rings (SSSR count). The maximum absolute atomic E-state index is 13.1. The van der Waals surface area contributed by atoms with Gasteiger partial charge in [-0.1, -0.05) is 13.8 Å². The SMILES string of the molecule is CC(C)c1nnc(C2COCCN2C(=O)c2[nH]ccc2C2CC2)o1. The second-order valence-electron chi connectivity index (χ2n) is 6.80. The fraction of sp³-hybridized carbons (Fsp3) is 0.588. The van der Waals surface area contributed by atoms with E-state index in [4.69, 9.17) is 9.15 Å². The second-order valence-corrected chi connectivity index (χ2v) is 6.80. The molecule has 3 heterocycles. The zero-order valence-corrected chi connectivity index (χ0v) is 14.0. The van der Waals surface area contributed by atoms with E-state index in [0.717, 1.165) is 18.4 Å². The summed E-state index contributed by atoms with van der Waals surface area (Å²) in [7, 11) is 0. The molecular formula is C17H22N4O3. The molecule has 24 heavy (non-hydrogen) atoms. The fourth-order valence-corrected chi connectivity index (χ4v) is 3.11. The number of carbonyl (C=O) groups excluding carboxylic acids is 1. The Labute approximate surface area is 140 Å². The van der Waals surface area contributed by atoms with Crippen LogP contribution in [0, 0.1) is 0 Å². The summed E-state index contributed by atoms with van der Waals surface area (Å²) in [4.78, 5) is 18.0. The number of amides is 1.